The smallest absolute Gasteiger partial charge is 0.120 e. The monoisotopic (exact) mass is 410 g/mol. The van der Waals surface area contributed by atoms with E-state index in [0.29, 0.717) is 12.5 Å². The molecule has 0 radical (unpaired) electrons. The second-order valence-electron chi connectivity index (χ2n) is 8.58. The lowest BCUT2D eigenvalue weighted by atomic mass is 9.89. The van der Waals surface area contributed by atoms with Crippen molar-refractivity contribution in [2.75, 3.05) is 19.6 Å². The van der Waals surface area contributed by atoms with Crippen molar-refractivity contribution in [3.05, 3.63) is 102 Å². The molecule has 1 fully saturated rings. The van der Waals surface area contributed by atoms with Crippen LogP contribution in [-0.2, 0) is 13.0 Å². The predicted octanol–water partition coefficient (Wildman–Crippen LogP) is 6.17. The third-order valence-electron chi connectivity index (χ3n) is 6.52. The van der Waals surface area contributed by atoms with Crippen molar-refractivity contribution in [1.82, 2.24) is 9.88 Å². The predicted molar refractivity (Wildman–Crippen MR) is 128 cm³/mol. The molecule has 0 unspecified atom stereocenters. The standard InChI is InChI=1S/C28H30N2O/c1-3-7-22(8-4-1)13-16-30-17-14-24(15-18-30)27-20-29-28-12-11-25(19-26(27)28)31-21-23-9-5-2-6-10-23/h1-12,19-20,24,29H,13-18,21H2. The Hall–Kier alpha value is -3.04. The Bertz CT molecular complexity index is 1100. The number of nitrogens with one attached hydrogen (secondary N) is 1. The van der Waals surface area contributed by atoms with Gasteiger partial charge in [0.25, 0.3) is 0 Å². The lowest BCUT2D eigenvalue weighted by Crippen LogP contribution is -2.34. The number of hydrogen-bond acceptors (Lipinski definition) is 2. The maximum absolute atomic E-state index is 6.08. The number of rotatable bonds is 7. The molecule has 5 rings (SSSR count). The number of nitrogens with zero attached hydrogens (tertiary/aromatic N) is 1. The minimum atomic E-state index is 0.603. The number of ether oxygens (including phenoxy) is 1. The quantitative estimate of drug-likeness (QED) is 0.395. The van der Waals surface area contributed by atoms with Crippen LogP contribution in [0.25, 0.3) is 10.9 Å². The van der Waals surface area contributed by atoms with Gasteiger partial charge in [-0.2, -0.15) is 0 Å². The molecule has 1 aliphatic rings. The first-order valence-corrected chi connectivity index (χ1v) is 11.4. The molecule has 1 saturated heterocycles. The van der Waals surface area contributed by atoms with Gasteiger partial charge in [0.1, 0.15) is 12.4 Å². The largest absolute Gasteiger partial charge is 0.489 e. The van der Waals surface area contributed by atoms with E-state index in [0.717, 1.165) is 18.7 Å². The van der Waals surface area contributed by atoms with E-state index in [9.17, 15) is 0 Å². The van der Waals surface area contributed by atoms with E-state index in [1.54, 1.807) is 0 Å². The topological polar surface area (TPSA) is 28.3 Å². The van der Waals surface area contributed by atoms with Gasteiger partial charge in [-0.1, -0.05) is 60.7 Å². The maximum Gasteiger partial charge on any atom is 0.120 e. The molecule has 1 aromatic heterocycles. The van der Waals surface area contributed by atoms with Crippen LogP contribution in [0.4, 0.5) is 0 Å². The van der Waals surface area contributed by atoms with Gasteiger partial charge in [0.05, 0.1) is 0 Å². The van der Waals surface area contributed by atoms with Crippen molar-refractivity contribution in [1.29, 1.82) is 0 Å². The summed E-state index contributed by atoms with van der Waals surface area (Å²) in [6, 6.07) is 27.6. The third-order valence-corrected chi connectivity index (χ3v) is 6.52. The molecule has 0 amide bonds. The van der Waals surface area contributed by atoms with Gasteiger partial charge in [0.2, 0.25) is 0 Å². The molecule has 1 aliphatic heterocycles. The number of benzene rings is 3. The van der Waals surface area contributed by atoms with Crippen LogP contribution in [0.2, 0.25) is 0 Å². The van der Waals surface area contributed by atoms with Crippen LogP contribution in [0.3, 0.4) is 0 Å². The van der Waals surface area contributed by atoms with Crippen molar-refractivity contribution >= 4 is 10.9 Å². The van der Waals surface area contributed by atoms with Gasteiger partial charge in [-0.25, -0.2) is 0 Å². The van der Waals surface area contributed by atoms with Crippen molar-refractivity contribution in [3.8, 4) is 5.75 Å². The Morgan fingerprint density at radius 2 is 1.55 bits per heavy atom. The first-order chi connectivity index (χ1) is 15.3. The van der Waals surface area contributed by atoms with Crippen LogP contribution in [0, 0.1) is 0 Å². The van der Waals surface area contributed by atoms with Crippen molar-refractivity contribution < 1.29 is 4.74 Å². The van der Waals surface area contributed by atoms with E-state index in [2.05, 4.69) is 88.9 Å². The zero-order valence-corrected chi connectivity index (χ0v) is 18.0. The van der Waals surface area contributed by atoms with Gasteiger partial charge in [-0.15, -0.1) is 0 Å². The molecule has 3 nitrogen and oxygen atoms in total. The molecule has 1 N–H and O–H groups in total. The summed E-state index contributed by atoms with van der Waals surface area (Å²) in [6.07, 6.45) is 5.80. The number of aromatic nitrogens is 1. The number of hydrogen-bond donors (Lipinski definition) is 1. The van der Waals surface area contributed by atoms with Gasteiger partial charge >= 0.3 is 0 Å². The minimum absolute atomic E-state index is 0.603. The highest BCUT2D eigenvalue weighted by Gasteiger charge is 2.22. The normalized spacial score (nSPS) is 15.4. The molecule has 0 atom stereocenters. The van der Waals surface area contributed by atoms with Crippen molar-refractivity contribution in [2.45, 2.75) is 31.8 Å². The van der Waals surface area contributed by atoms with Crippen LogP contribution in [0.1, 0.15) is 35.4 Å². The molecular formula is C28H30N2O. The summed E-state index contributed by atoms with van der Waals surface area (Å²) in [4.78, 5) is 6.09. The van der Waals surface area contributed by atoms with E-state index in [4.69, 9.17) is 4.74 Å². The van der Waals surface area contributed by atoms with E-state index >= 15 is 0 Å². The van der Waals surface area contributed by atoms with Gasteiger partial charge in [0.15, 0.2) is 0 Å². The van der Waals surface area contributed by atoms with Crippen LogP contribution in [0.5, 0.6) is 5.75 Å². The molecular weight excluding hydrogens is 380 g/mol. The number of piperidine rings is 1. The minimum Gasteiger partial charge on any atom is -0.489 e. The number of fused-ring (bicyclic) bond motifs is 1. The molecule has 4 aromatic rings. The highest BCUT2D eigenvalue weighted by atomic mass is 16.5. The Morgan fingerprint density at radius 3 is 2.29 bits per heavy atom. The SMILES string of the molecule is c1ccc(CCN2CCC(c3c[nH]c4ccc(OCc5ccccc5)cc34)CC2)cc1. The summed E-state index contributed by atoms with van der Waals surface area (Å²) < 4.78 is 6.08. The van der Waals surface area contributed by atoms with E-state index in [1.807, 2.05) is 6.07 Å². The lowest BCUT2D eigenvalue weighted by molar-refractivity contribution is 0.215. The summed E-state index contributed by atoms with van der Waals surface area (Å²) >= 11 is 0. The molecule has 3 aromatic carbocycles. The first-order valence-electron chi connectivity index (χ1n) is 11.4. The number of likely N-dealkylation sites (tertiary alicyclic amines) is 1. The summed E-state index contributed by atoms with van der Waals surface area (Å²) in [5.74, 6) is 1.56. The molecule has 31 heavy (non-hydrogen) atoms. The highest BCUT2D eigenvalue weighted by molar-refractivity contribution is 5.85. The molecule has 0 bridgehead atoms. The number of aromatic amines is 1. The molecule has 0 saturated carbocycles. The fourth-order valence-electron chi connectivity index (χ4n) is 4.69. The van der Waals surface area contributed by atoms with Crippen LogP contribution >= 0.6 is 0 Å². The zero-order chi connectivity index (χ0) is 20.9. The maximum atomic E-state index is 6.08. The second-order valence-corrected chi connectivity index (χ2v) is 8.58. The second kappa shape index (κ2) is 9.40. The summed E-state index contributed by atoms with van der Waals surface area (Å²) in [6.45, 7) is 4.11. The van der Waals surface area contributed by atoms with Crippen LogP contribution in [0.15, 0.2) is 85.1 Å². The van der Waals surface area contributed by atoms with Crippen molar-refractivity contribution in [2.24, 2.45) is 0 Å². The summed E-state index contributed by atoms with van der Waals surface area (Å²) in [5, 5.41) is 1.31. The van der Waals surface area contributed by atoms with Crippen LogP contribution < -0.4 is 4.74 Å². The molecule has 0 aliphatic carbocycles. The fourth-order valence-corrected chi connectivity index (χ4v) is 4.69. The van der Waals surface area contributed by atoms with Gasteiger partial charge in [-0.3, -0.25) is 0 Å². The average molecular weight is 411 g/mol. The summed E-state index contributed by atoms with van der Waals surface area (Å²) in [7, 11) is 0. The third kappa shape index (κ3) is 4.83. The van der Waals surface area contributed by atoms with E-state index in [-0.39, 0.29) is 0 Å². The Morgan fingerprint density at radius 1 is 0.839 bits per heavy atom. The van der Waals surface area contributed by atoms with Gasteiger partial charge in [0, 0.05) is 23.6 Å². The van der Waals surface area contributed by atoms with Crippen molar-refractivity contribution in [3.63, 3.8) is 0 Å². The lowest BCUT2D eigenvalue weighted by Gasteiger charge is -2.32. The van der Waals surface area contributed by atoms with Gasteiger partial charge in [-0.05, 0) is 73.2 Å². The Kier molecular flexibility index (Phi) is 6.03. The Balaban J connectivity index is 1.21. The molecule has 3 heteroatoms. The van der Waals surface area contributed by atoms with Gasteiger partial charge < -0.3 is 14.6 Å². The van der Waals surface area contributed by atoms with E-state index < -0.39 is 0 Å². The molecule has 0 spiro atoms. The van der Waals surface area contributed by atoms with Crippen LogP contribution in [-0.4, -0.2) is 29.5 Å². The first kappa shape index (κ1) is 19.9. The fraction of sp³-hybridized carbons (Fsp3) is 0.286. The molecule has 158 valence electrons. The highest BCUT2D eigenvalue weighted by Crippen LogP contribution is 2.35. The summed E-state index contributed by atoms with van der Waals surface area (Å²) in [5.41, 5.74) is 5.28. The number of H-pyrrole nitrogens is 1. The zero-order valence-electron chi connectivity index (χ0n) is 18.0. The Labute approximate surface area is 184 Å². The average Bonchev–Trinajstić information content (AvgIpc) is 3.26. The molecule has 2 heterocycles. The van der Waals surface area contributed by atoms with E-state index in [1.165, 1.54) is 53.5 Å².